The summed E-state index contributed by atoms with van der Waals surface area (Å²) in [5, 5.41) is 11.0. The van der Waals surface area contributed by atoms with Crippen molar-refractivity contribution in [2.75, 3.05) is 11.4 Å². The Bertz CT molecular complexity index is 921. The first-order valence-corrected chi connectivity index (χ1v) is 8.19. The number of phenols is 1. The van der Waals surface area contributed by atoms with Gasteiger partial charge in [-0.3, -0.25) is 4.31 Å². The fourth-order valence-corrected chi connectivity index (χ4v) is 3.54. The van der Waals surface area contributed by atoms with E-state index in [0.29, 0.717) is 5.69 Å². The fourth-order valence-electron chi connectivity index (χ4n) is 2.31. The molecule has 0 amide bonds. The van der Waals surface area contributed by atoms with Crippen LogP contribution in [0.1, 0.15) is 0 Å². The van der Waals surface area contributed by atoms with Crippen LogP contribution in [0.5, 0.6) is 5.75 Å². The molecule has 0 saturated heterocycles. The molecule has 22 heavy (non-hydrogen) atoms. The number of phenolic OH excluding ortho intramolecular Hbond substituents is 1. The van der Waals surface area contributed by atoms with Crippen molar-refractivity contribution in [1.82, 2.24) is 0 Å². The first-order chi connectivity index (χ1) is 10.5. The SMILES string of the molecule is CN(c1ccccc1)S(=O)(=O)c1ccc2cc(O)ccc2c1. The number of rotatable bonds is 3. The summed E-state index contributed by atoms with van der Waals surface area (Å²) in [5.41, 5.74) is 0.605. The molecule has 0 atom stereocenters. The molecule has 0 unspecified atom stereocenters. The summed E-state index contributed by atoms with van der Waals surface area (Å²) in [6.45, 7) is 0. The van der Waals surface area contributed by atoms with Gasteiger partial charge in [0, 0.05) is 7.05 Å². The van der Waals surface area contributed by atoms with Gasteiger partial charge < -0.3 is 5.11 Å². The quantitative estimate of drug-likeness (QED) is 0.806. The van der Waals surface area contributed by atoms with Gasteiger partial charge in [0.25, 0.3) is 10.0 Å². The van der Waals surface area contributed by atoms with E-state index in [4.69, 9.17) is 0 Å². The van der Waals surface area contributed by atoms with Crippen LogP contribution in [-0.4, -0.2) is 20.6 Å². The van der Waals surface area contributed by atoms with Gasteiger partial charge >= 0.3 is 0 Å². The third kappa shape index (κ3) is 2.51. The van der Waals surface area contributed by atoms with E-state index in [1.807, 2.05) is 6.07 Å². The highest BCUT2D eigenvalue weighted by molar-refractivity contribution is 7.92. The highest BCUT2D eigenvalue weighted by Crippen LogP contribution is 2.26. The van der Waals surface area contributed by atoms with Crippen LogP contribution in [0.15, 0.2) is 71.6 Å². The van der Waals surface area contributed by atoms with Crippen LogP contribution in [0, 0.1) is 0 Å². The molecule has 112 valence electrons. The number of nitrogens with zero attached hydrogens (tertiary/aromatic N) is 1. The molecule has 0 heterocycles. The number of sulfonamides is 1. The second-order valence-electron chi connectivity index (χ2n) is 5.00. The lowest BCUT2D eigenvalue weighted by Crippen LogP contribution is -2.26. The van der Waals surface area contributed by atoms with Crippen molar-refractivity contribution >= 4 is 26.5 Å². The van der Waals surface area contributed by atoms with Crippen molar-refractivity contribution in [3.8, 4) is 5.75 Å². The van der Waals surface area contributed by atoms with Crippen molar-refractivity contribution in [3.05, 3.63) is 66.7 Å². The van der Waals surface area contributed by atoms with Crippen LogP contribution >= 0.6 is 0 Å². The van der Waals surface area contributed by atoms with Gasteiger partial charge in [0.15, 0.2) is 0 Å². The van der Waals surface area contributed by atoms with Gasteiger partial charge in [-0.1, -0.05) is 30.3 Å². The minimum atomic E-state index is -3.62. The smallest absolute Gasteiger partial charge is 0.264 e. The lowest BCUT2D eigenvalue weighted by atomic mass is 10.1. The van der Waals surface area contributed by atoms with Crippen molar-refractivity contribution in [1.29, 1.82) is 0 Å². The van der Waals surface area contributed by atoms with Gasteiger partial charge in [0.1, 0.15) is 5.75 Å². The van der Waals surface area contributed by atoms with Crippen molar-refractivity contribution in [3.63, 3.8) is 0 Å². The van der Waals surface area contributed by atoms with Crippen LogP contribution in [0.25, 0.3) is 10.8 Å². The molecular formula is C17H15NO3S. The Morgan fingerprint density at radius 2 is 1.50 bits per heavy atom. The third-order valence-corrected chi connectivity index (χ3v) is 5.36. The molecule has 5 heteroatoms. The molecule has 0 saturated carbocycles. The topological polar surface area (TPSA) is 57.6 Å². The number of fused-ring (bicyclic) bond motifs is 1. The first kappa shape index (κ1) is 14.4. The molecule has 0 bridgehead atoms. The van der Waals surface area contributed by atoms with E-state index in [2.05, 4.69) is 0 Å². The molecule has 0 spiro atoms. The van der Waals surface area contributed by atoms with Gasteiger partial charge in [-0.15, -0.1) is 0 Å². The number of hydrogen-bond acceptors (Lipinski definition) is 3. The molecule has 0 aliphatic rings. The van der Waals surface area contributed by atoms with Gasteiger partial charge in [-0.2, -0.15) is 0 Å². The maximum Gasteiger partial charge on any atom is 0.264 e. The number of hydrogen-bond donors (Lipinski definition) is 1. The molecule has 3 aromatic rings. The zero-order valence-corrected chi connectivity index (χ0v) is 12.8. The predicted octanol–water partition coefficient (Wildman–Crippen LogP) is 3.37. The Morgan fingerprint density at radius 3 is 2.23 bits per heavy atom. The molecule has 0 fully saturated rings. The Hall–Kier alpha value is -2.53. The summed E-state index contributed by atoms with van der Waals surface area (Å²) in [6.07, 6.45) is 0. The second-order valence-corrected chi connectivity index (χ2v) is 6.97. The molecule has 3 aromatic carbocycles. The van der Waals surface area contributed by atoms with E-state index < -0.39 is 10.0 Å². The van der Waals surface area contributed by atoms with E-state index in [1.54, 1.807) is 60.7 Å². The van der Waals surface area contributed by atoms with Crippen molar-refractivity contribution < 1.29 is 13.5 Å². The summed E-state index contributed by atoms with van der Waals surface area (Å²) < 4.78 is 26.7. The molecular weight excluding hydrogens is 298 g/mol. The van der Waals surface area contributed by atoms with E-state index in [-0.39, 0.29) is 10.6 Å². The fraction of sp³-hybridized carbons (Fsp3) is 0.0588. The van der Waals surface area contributed by atoms with Crippen LogP contribution in [-0.2, 0) is 10.0 Å². The van der Waals surface area contributed by atoms with Crippen molar-refractivity contribution in [2.45, 2.75) is 4.90 Å². The maximum absolute atomic E-state index is 12.7. The highest BCUT2D eigenvalue weighted by Gasteiger charge is 2.21. The Balaban J connectivity index is 2.07. The summed E-state index contributed by atoms with van der Waals surface area (Å²) in [5.74, 6) is 0.157. The van der Waals surface area contributed by atoms with E-state index in [0.717, 1.165) is 10.8 Å². The average molecular weight is 313 g/mol. The Labute approximate surface area is 129 Å². The summed E-state index contributed by atoms with van der Waals surface area (Å²) in [7, 11) is -2.09. The predicted molar refractivity (Wildman–Crippen MR) is 87.6 cm³/mol. The number of aromatic hydroxyl groups is 1. The lowest BCUT2D eigenvalue weighted by Gasteiger charge is -2.19. The average Bonchev–Trinajstić information content (AvgIpc) is 2.54. The van der Waals surface area contributed by atoms with Gasteiger partial charge in [-0.25, -0.2) is 8.42 Å². The highest BCUT2D eigenvalue weighted by atomic mass is 32.2. The number of benzene rings is 3. The van der Waals surface area contributed by atoms with Crippen LogP contribution in [0.4, 0.5) is 5.69 Å². The largest absolute Gasteiger partial charge is 0.508 e. The van der Waals surface area contributed by atoms with Crippen LogP contribution < -0.4 is 4.31 Å². The summed E-state index contributed by atoms with van der Waals surface area (Å²) in [4.78, 5) is 0.219. The van der Waals surface area contributed by atoms with Gasteiger partial charge in [0.05, 0.1) is 10.6 Å². The minimum absolute atomic E-state index is 0.157. The molecule has 0 aliphatic carbocycles. The monoisotopic (exact) mass is 313 g/mol. The standard InChI is InChI=1S/C17H15NO3S/c1-18(15-5-3-2-4-6-15)22(20,21)17-10-8-13-11-16(19)9-7-14(13)12-17/h2-12,19H,1H3. The number of para-hydroxylation sites is 1. The lowest BCUT2D eigenvalue weighted by molar-refractivity contribution is 0.476. The molecule has 0 aliphatic heterocycles. The first-order valence-electron chi connectivity index (χ1n) is 6.75. The van der Waals surface area contributed by atoms with Crippen LogP contribution in [0.3, 0.4) is 0 Å². The van der Waals surface area contributed by atoms with E-state index >= 15 is 0 Å². The van der Waals surface area contributed by atoms with Gasteiger partial charge in [0.2, 0.25) is 0 Å². The normalized spacial score (nSPS) is 11.5. The van der Waals surface area contributed by atoms with E-state index in [9.17, 15) is 13.5 Å². The minimum Gasteiger partial charge on any atom is -0.508 e. The van der Waals surface area contributed by atoms with Crippen molar-refractivity contribution in [2.24, 2.45) is 0 Å². The summed E-state index contributed by atoms with van der Waals surface area (Å²) in [6, 6.07) is 18.6. The molecule has 4 nitrogen and oxygen atoms in total. The summed E-state index contributed by atoms with van der Waals surface area (Å²) >= 11 is 0. The van der Waals surface area contributed by atoms with Crippen LogP contribution in [0.2, 0.25) is 0 Å². The molecule has 3 rings (SSSR count). The zero-order chi connectivity index (χ0) is 15.7. The number of anilines is 1. The van der Waals surface area contributed by atoms with E-state index in [1.165, 1.54) is 11.4 Å². The molecule has 1 N–H and O–H groups in total. The second kappa shape index (κ2) is 5.35. The zero-order valence-electron chi connectivity index (χ0n) is 12.0. The maximum atomic E-state index is 12.7. The third-order valence-electron chi connectivity index (χ3n) is 3.57. The van der Waals surface area contributed by atoms with Gasteiger partial charge in [-0.05, 0) is 47.2 Å². The molecule has 0 aromatic heterocycles. The Kier molecular flexibility index (Phi) is 3.50. The Morgan fingerprint density at radius 1 is 0.864 bits per heavy atom. The molecule has 0 radical (unpaired) electrons.